The Hall–Kier alpha value is 0.270. The molecular formula is C12H26N2S. The molecule has 0 aliphatic carbocycles. The molecule has 3 heteroatoms. The predicted molar refractivity (Wildman–Crippen MR) is 70.5 cm³/mol. The summed E-state index contributed by atoms with van der Waals surface area (Å²) in [5.74, 6) is 0.795. The molecule has 90 valence electrons. The Morgan fingerprint density at radius 2 is 1.80 bits per heavy atom. The molecule has 0 amide bonds. The number of likely N-dealkylation sites (tertiary alicyclic amines) is 1. The highest BCUT2D eigenvalue weighted by atomic mass is 32.1. The average molecular weight is 230 g/mol. The van der Waals surface area contributed by atoms with Crippen molar-refractivity contribution in [2.45, 2.75) is 45.0 Å². The van der Waals surface area contributed by atoms with Gasteiger partial charge in [-0.3, -0.25) is 4.90 Å². The Morgan fingerprint density at radius 1 is 1.27 bits per heavy atom. The first-order chi connectivity index (χ1) is 7.00. The van der Waals surface area contributed by atoms with E-state index in [0.29, 0.717) is 5.37 Å². The summed E-state index contributed by atoms with van der Waals surface area (Å²) in [6.45, 7) is 10.5. The second-order valence-corrected chi connectivity index (χ2v) is 5.97. The summed E-state index contributed by atoms with van der Waals surface area (Å²) in [5.41, 5.74) is 0. The second kappa shape index (κ2) is 6.12. The molecule has 1 aliphatic heterocycles. The topological polar surface area (TPSA) is 6.48 Å². The van der Waals surface area contributed by atoms with Crippen LogP contribution in [0.4, 0.5) is 0 Å². The van der Waals surface area contributed by atoms with Crippen molar-refractivity contribution < 1.29 is 0 Å². The summed E-state index contributed by atoms with van der Waals surface area (Å²) in [6, 6.07) is 0.737. The minimum absolute atomic E-state index is 0.381. The molecule has 1 rings (SSSR count). The SMILES string of the molecule is CC(C)CN1CCC(N(C)C(C)S)CC1. The molecule has 0 radical (unpaired) electrons. The highest BCUT2D eigenvalue weighted by Crippen LogP contribution is 2.18. The first kappa shape index (κ1) is 13.3. The number of rotatable bonds is 4. The monoisotopic (exact) mass is 230 g/mol. The standard InChI is InChI=1S/C12H26N2S/c1-10(2)9-14-7-5-12(6-8-14)13(4)11(3)15/h10-12,15H,5-9H2,1-4H3. The van der Waals surface area contributed by atoms with Crippen molar-refractivity contribution in [3.8, 4) is 0 Å². The zero-order valence-corrected chi connectivity index (χ0v) is 11.5. The van der Waals surface area contributed by atoms with Crippen molar-refractivity contribution in [3.05, 3.63) is 0 Å². The molecule has 1 fully saturated rings. The van der Waals surface area contributed by atoms with Crippen LogP contribution in [0.5, 0.6) is 0 Å². The van der Waals surface area contributed by atoms with Crippen molar-refractivity contribution in [1.29, 1.82) is 0 Å². The Bertz CT molecular complexity index is 174. The number of hydrogen-bond donors (Lipinski definition) is 1. The number of hydrogen-bond acceptors (Lipinski definition) is 3. The van der Waals surface area contributed by atoms with Crippen LogP contribution in [-0.4, -0.2) is 47.9 Å². The second-order valence-electron chi connectivity index (χ2n) is 5.22. The van der Waals surface area contributed by atoms with Crippen LogP contribution >= 0.6 is 12.6 Å². The Morgan fingerprint density at radius 3 is 2.20 bits per heavy atom. The molecule has 0 spiro atoms. The zero-order valence-electron chi connectivity index (χ0n) is 10.6. The van der Waals surface area contributed by atoms with E-state index < -0.39 is 0 Å². The lowest BCUT2D eigenvalue weighted by atomic mass is 10.0. The largest absolute Gasteiger partial charge is 0.303 e. The normalized spacial score (nSPS) is 22.6. The lowest BCUT2D eigenvalue weighted by Crippen LogP contribution is -2.45. The van der Waals surface area contributed by atoms with Gasteiger partial charge in [0.25, 0.3) is 0 Å². The van der Waals surface area contributed by atoms with Gasteiger partial charge in [-0.15, -0.1) is 0 Å². The van der Waals surface area contributed by atoms with E-state index in [1.165, 1.54) is 32.5 Å². The highest BCUT2D eigenvalue weighted by Gasteiger charge is 2.23. The van der Waals surface area contributed by atoms with E-state index in [1.54, 1.807) is 0 Å². The molecule has 1 aliphatic rings. The molecule has 1 heterocycles. The van der Waals surface area contributed by atoms with Crippen LogP contribution in [0, 0.1) is 5.92 Å². The summed E-state index contributed by atoms with van der Waals surface area (Å²) < 4.78 is 0. The van der Waals surface area contributed by atoms with Crippen LogP contribution in [0.25, 0.3) is 0 Å². The van der Waals surface area contributed by atoms with E-state index in [0.717, 1.165) is 12.0 Å². The fraction of sp³-hybridized carbons (Fsp3) is 1.00. The van der Waals surface area contributed by atoms with Crippen LogP contribution in [0.2, 0.25) is 0 Å². The van der Waals surface area contributed by atoms with Crippen LogP contribution in [0.15, 0.2) is 0 Å². The van der Waals surface area contributed by atoms with Gasteiger partial charge in [0.05, 0.1) is 0 Å². The first-order valence-electron chi connectivity index (χ1n) is 6.13. The summed E-state index contributed by atoms with van der Waals surface area (Å²) in [7, 11) is 2.19. The summed E-state index contributed by atoms with van der Waals surface area (Å²) in [6.07, 6.45) is 2.60. The molecular weight excluding hydrogens is 204 g/mol. The number of nitrogens with zero attached hydrogens (tertiary/aromatic N) is 2. The van der Waals surface area contributed by atoms with Gasteiger partial charge in [-0.05, 0) is 45.8 Å². The third kappa shape index (κ3) is 4.33. The van der Waals surface area contributed by atoms with Crippen LogP contribution < -0.4 is 0 Å². The van der Waals surface area contributed by atoms with Crippen molar-refractivity contribution in [3.63, 3.8) is 0 Å². The Labute approximate surface area is 100 Å². The number of piperidine rings is 1. The van der Waals surface area contributed by atoms with Crippen molar-refractivity contribution in [2.75, 3.05) is 26.7 Å². The van der Waals surface area contributed by atoms with Gasteiger partial charge in [-0.2, -0.15) is 12.6 Å². The lowest BCUT2D eigenvalue weighted by molar-refractivity contribution is 0.117. The fourth-order valence-electron chi connectivity index (χ4n) is 2.33. The molecule has 0 aromatic heterocycles. The molecule has 1 unspecified atom stereocenters. The van der Waals surface area contributed by atoms with E-state index in [2.05, 4.69) is 50.2 Å². The minimum Gasteiger partial charge on any atom is -0.303 e. The maximum atomic E-state index is 4.49. The summed E-state index contributed by atoms with van der Waals surface area (Å²) in [5, 5.41) is 0.381. The smallest absolute Gasteiger partial charge is 0.0499 e. The maximum absolute atomic E-state index is 4.49. The van der Waals surface area contributed by atoms with E-state index in [9.17, 15) is 0 Å². The zero-order chi connectivity index (χ0) is 11.4. The number of thiol groups is 1. The predicted octanol–water partition coefficient (Wildman–Crippen LogP) is 2.31. The fourth-order valence-corrected chi connectivity index (χ4v) is 2.52. The van der Waals surface area contributed by atoms with Gasteiger partial charge in [0.2, 0.25) is 0 Å². The van der Waals surface area contributed by atoms with E-state index >= 15 is 0 Å². The van der Waals surface area contributed by atoms with Gasteiger partial charge in [0.15, 0.2) is 0 Å². The third-order valence-corrected chi connectivity index (χ3v) is 3.71. The van der Waals surface area contributed by atoms with Gasteiger partial charge in [0, 0.05) is 18.0 Å². The molecule has 1 atom stereocenters. The highest BCUT2D eigenvalue weighted by molar-refractivity contribution is 7.80. The molecule has 0 aromatic rings. The van der Waals surface area contributed by atoms with Gasteiger partial charge >= 0.3 is 0 Å². The first-order valence-corrected chi connectivity index (χ1v) is 6.64. The van der Waals surface area contributed by atoms with E-state index in [4.69, 9.17) is 0 Å². The molecule has 0 N–H and O–H groups in total. The molecule has 0 bridgehead atoms. The van der Waals surface area contributed by atoms with Crippen LogP contribution in [0.3, 0.4) is 0 Å². The quantitative estimate of drug-likeness (QED) is 0.585. The average Bonchev–Trinajstić information content (AvgIpc) is 2.17. The Kier molecular flexibility index (Phi) is 5.44. The molecule has 1 saturated heterocycles. The third-order valence-electron chi connectivity index (χ3n) is 3.35. The molecule has 15 heavy (non-hydrogen) atoms. The summed E-state index contributed by atoms with van der Waals surface area (Å²) >= 11 is 4.49. The van der Waals surface area contributed by atoms with Crippen molar-refractivity contribution >= 4 is 12.6 Å². The van der Waals surface area contributed by atoms with Gasteiger partial charge < -0.3 is 4.90 Å². The molecule has 0 saturated carbocycles. The van der Waals surface area contributed by atoms with Gasteiger partial charge in [-0.25, -0.2) is 0 Å². The van der Waals surface area contributed by atoms with Crippen molar-refractivity contribution in [2.24, 2.45) is 5.92 Å². The maximum Gasteiger partial charge on any atom is 0.0499 e. The van der Waals surface area contributed by atoms with Crippen molar-refractivity contribution in [1.82, 2.24) is 9.80 Å². The van der Waals surface area contributed by atoms with Gasteiger partial charge in [0.1, 0.15) is 0 Å². The van der Waals surface area contributed by atoms with Crippen LogP contribution in [-0.2, 0) is 0 Å². The van der Waals surface area contributed by atoms with Gasteiger partial charge in [-0.1, -0.05) is 13.8 Å². The lowest BCUT2D eigenvalue weighted by Gasteiger charge is -2.38. The van der Waals surface area contributed by atoms with E-state index in [-0.39, 0.29) is 0 Å². The summed E-state index contributed by atoms with van der Waals surface area (Å²) in [4.78, 5) is 4.99. The Balaban J connectivity index is 2.29. The molecule has 0 aromatic carbocycles. The molecule has 2 nitrogen and oxygen atoms in total. The van der Waals surface area contributed by atoms with Crippen LogP contribution in [0.1, 0.15) is 33.6 Å². The minimum atomic E-state index is 0.381. The van der Waals surface area contributed by atoms with E-state index in [1.807, 2.05) is 0 Å².